The minimum atomic E-state index is -0.749. The summed E-state index contributed by atoms with van der Waals surface area (Å²) in [5, 5.41) is 19.5. The van der Waals surface area contributed by atoms with Gasteiger partial charge in [0.2, 0.25) is 0 Å². The summed E-state index contributed by atoms with van der Waals surface area (Å²) in [5.74, 6) is 0.248. The Morgan fingerprint density at radius 2 is 2.14 bits per heavy atom. The molecule has 1 aromatic carbocycles. The molecule has 0 aliphatic heterocycles. The third-order valence-electron chi connectivity index (χ3n) is 2.87. The van der Waals surface area contributed by atoms with Gasteiger partial charge in [0.25, 0.3) is 0 Å². The lowest BCUT2D eigenvalue weighted by Crippen LogP contribution is -2.12. The molecule has 1 atom stereocenters. The molecule has 0 radical (unpaired) electrons. The van der Waals surface area contributed by atoms with Gasteiger partial charge in [0.05, 0.1) is 6.10 Å². The summed E-state index contributed by atoms with van der Waals surface area (Å²) in [6.07, 6.45) is 2.28. The van der Waals surface area contributed by atoms with E-state index in [2.05, 4.69) is 0 Å². The Morgan fingerprint density at radius 1 is 1.36 bits per heavy atom. The number of aryl methyl sites for hydroxylation is 1. The van der Waals surface area contributed by atoms with Crippen LogP contribution < -0.4 is 5.73 Å². The van der Waals surface area contributed by atoms with E-state index in [-0.39, 0.29) is 12.3 Å². The van der Waals surface area contributed by atoms with Crippen molar-refractivity contribution in [3.8, 4) is 5.75 Å². The number of aromatic hydroxyl groups is 1. The van der Waals surface area contributed by atoms with Gasteiger partial charge in [-0.1, -0.05) is 12.1 Å². The highest BCUT2D eigenvalue weighted by atomic mass is 16.3. The number of aliphatic hydroxyl groups excluding tert-OH is 1. The van der Waals surface area contributed by atoms with Crippen LogP contribution in [0.3, 0.4) is 0 Å². The van der Waals surface area contributed by atoms with Gasteiger partial charge in [-0.3, -0.25) is 0 Å². The number of nitrogens with two attached hydrogens (primary N) is 1. The molecule has 3 nitrogen and oxygen atoms in total. The van der Waals surface area contributed by atoms with Gasteiger partial charge in [0, 0.05) is 12.1 Å². The highest BCUT2D eigenvalue weighted by Crippen LogP contribution is 2.35. The van der Waals surface area contributed by atoms with Crippen molar-refractivity contribution in [1.29, 1.82) is 0 Å². The van der Waals surface area contributed by atoms with Gasteiger partial charge < -0.3 is 15.9 Å². The molecule has 0 aromatic heterocycles. The van der Waals surface area contributed by atoms with Crippen molar-refractivity contribution in [3.63, 3.8) is 0 Å². The summed E-state index contributed by atoms with van der Waals surface area (Å²) in [6.45, 7) is 0.145. The number of benzene rings is 1. The van der Waals surface area contributed by atoms with Crippen molar-refractivity contribution in [2.75, 3.05) is 6.54 Å². The lowest BCUT2D eigenvalue weighted by molar-refractivity contribution is 0.182. The first-order chi connectivity index (χ1) is 6.74. The number of rotatable bonds is 2. The highest BCUT2D eigenvalue weighted by Gasteiger charge is 2.19. The number of hydrogen-bond donors (Lipinski definition) is 3. The van der Waals surface area contributed by atoms with E-state index in [1.165, 1.54) is 5.56 Å². The van der Waals surface area contributed by atoms with Crippen LogP contribution in [0.25, 0.3) is 0 Å². The Morgan fingerprint density at radius 3 is 2.86 bits per heavy atom. The maximum Gasteiger partial charge on any atom is 0.124 e. The summed E-state index contributed by atoms with van der Waals surface area (Å²) in [6, 6.07) is 3.76. The molecular weight excluding hydrogens is 178 g/mol. The second-order valence-corrected chi connectivity index (χ2v) is 3.75. The van der Waals surface area contributed by atoms with Crippen molar-refractivity contribution >= 4 is 0 Å². The Balaban J connectivity index is 2.44. The van der Waals surface area contributed by atoms with E-state index < -0.39 is 6.10 Å². The van der Waals surface area contributed by atoms with Crippen LogP contribution in [-0.2, 0) is 12.8 Å². The third kappa shape index (κ3) is 1.38. The predicted molar refractivity (Wildman–Crippen MR) is 54.1 cm³/mol. The van der Waals surface area contributed by atoms with Crippen molar-refractivity contribution < 1.29 is 10.2 Å². The Bertz CT molecular complexity index is 349. The maximum absolute atomic E-state index is 9.90. The van der Waals surface area contributed by atoms with Crippen LogP contribution >= 0.6 is 0 Å². The zero-order chi connectivity index (χ0) is 10.1. The molecule has 0 amide bonds. The molecule has 1 aromatic rings. The van der Waals surface area contributed by atoms with Crippen molar-refractivity contribution in [2.24, 2.45) is 5.73 Å². The average Bonchev–Trinajstić information content (AvgIpc) is 2.66. The van der Waals surface area contributed by atoms with E-state index in [9.17, 15) is 10.2 Å². The van der Waals surface area contributed by atoms with Crippen LogP contribution in [-0.4, -0.2) is 16.8 Å². The molecule has 76 valence electrons. The number of hydrogen-bond acceptors (Lipinski definition) is 3. The van der Waals surface area contributed by atoms with Crippen molar-refractivity contribution in [2.45, 2.75) is 25.4 Å². The molecule has 14 heavy (non-hydrogen) atoms. The van der Waals surface area contributed by atoms with Crippen LogP contribution in [0.15, 0.2) is 12.1 Å². The molecule has 2 rings (SSSR count). The fourth-order valence-corrected chi connectivity index (χ4v) is 2.06. The molecule has 0 saturated heterocycles. The quantitative estimate of drug-likeness (QED) is 0.653. The van der Waals surface area contributed by atoms with E-state index in [0.717, 1.165) is 24.8 Å². The lowest BCUT2D eigenvalue weighted by atomic mass is 10.0. The minimum absolute atomic E-state index is 0.145. The van der Waals surface area contributed by atoms with E-state index in [1.807, 2.05) is 6.07 Å². The maximum atomic E-state index is 9.90. The monoisotopic (exact) mass is 193 g/mol. The van der Waals surface area contributed by atoms with Crippen LogP contribution in [0.5, 0.6) is 5.75 Å². The average molecular weight is 193 g/mol. The SMILES string of the molecule is NCC(O)c1ccc2c(c1O)CCC2. The molecule has 3 heteroatoms. The lowest BCUT2D eigenvalue weighted by Gasteiger charge is -2.13. The van der Waals surface area contributed by atoms with Crippen LogP contribution in [0.1, 0.15) is 29.2 Å². The predicted octanol–water partition coefficient (Wildman–Crippen LogP) is 0.873. The Labute approximate surface area is 83.2 Å². The minimum Gasteiger partial charge on any atom is -0.507 e. The van der Waals surface area contributed by atoms with Gasteiger partial charge in [0.15, 0.2) is 0 Å². The fraction of sp³-hybridized carbons (Fsp3) is 0.455. The second-order valence-electron chi connectivity index (χ2n) is 3.75. The smallest absolute Gasteiger partial charge is 0.124 e. The van der Waals surface area contributed by atoms with Gasteiger partial charge in [0.1, 0.15) is 5.75 Å². The summed E-state index contributed by atoms with van der Waals surface area (Å²) in [7, 11) is 0. The van der Waals surface area contributed by atoms with Gasteiger partial charge in [-0.15, -0.1) is 0 Å². The van der Waals surface area contributed by atoms with E-state index in [4.69, 9.17) is 5.73 Å². The molecular formula is C11H15NO2. The second kappa shape index (κ2) is 3.59. The zero-order valence-corrected chi connectivity index (χ0v) is 8.03. The van der Waals surface area contributed by atoms with Gasteiger partial charge in [-0.2, -0.15) is 0 Å². The number of phenolic OH excluding ortho intramolecular Hbond substituents is 1. The largest absolute Gasteiger partial charge is 0.507 e. The van der Waals surface area contributed by atoms with Crippen LogP contribution in [0.4, 0.5) is 0 Å². The molecule has 0 saturated carbocycles. The molecule has 0 heterocycles. The molecule has 1 aliphatic carbocycles. The standard InChI is InChI=1S/C11H15NO2/c12-6-10(13)9-5-4-7-2-1-3-8(7)11(9)14/h4-5,10,13-14H,1-3,6,12H2. The topological polar surface area (TPSA) is 66.5 Å². The van der Waals surface area contributed by atoms with Crippen molar-refractivity contribution in [3.05, 3.63) is 28.8 Å². The summed E-state index contributed by atoms with van der Waals surface area (Å²) in [5.41, 5.74) is 8.12. The van der Waals surface area contributed by atoms with Crippen molar-refractivity contribution in [1.82, 2.24) is 0 Å². The molecule has 0 spiro atoms. The molecule has 4 N–H and O–H groups in total. The first-order valence-corrected chi connectivity index (χ1v) is 4.95. The Kier molecular flexibility index (Phi) is 2.44. The third-order valence-corrected chi connectivity index (χ3v) is 2.87. The fourth-order valence-electron chi connectivity index (χ4n) is 2.06. The van der Waals surface area contributed by atoms with Crippen LogP contribution in [0, 0.1) is 0 Å². The summed E-state index contributed by atoms with van der Waals surface area (Å²) in [4.78, 5) is 0. The Hall–Kier alpha value is -1.06. The summed E-state index contributed by atoms with van der Waals surface area (Å²) >= 11 is 0. The van der Waals surface area contributed by atoms with Gasteiger partial charge in [-0.05, 0) is 30.4 Å². The number of phenols is 1. The van der Waals surface area contributed by atoms with E-state index in [1.54, 1.807) is 6.07 Å². The van der Waals surface area contributed by atoms with Gasteiger partial charge >= 0.3 is 0 Å². The zero-order valence-electron chi connectivity index (χ0n) is 8.03. The van der Waals surface area contributed by atoms with E-state index >= 15 is 0 Å². The first-order valence-electron chi connectivity index (χ1n) is 4.95. The molecule has 0 fully saturated rings. The number of fused-ring (bicyclic) bond motifs is 1. The number of aliphatic hydroxyl groups is 1. The first kappa shape index (κ1) is 9.49. The molecule has 1 aliphatic rings. The normalized spacial score (nSPS) is 16.7. The highest BCUT2D eigenvalue weighted by molar-refractivity contribution is 5.48. The summed E-state index contributed by atoms with van der Waals surface area (Å²) < 4.78 is 0. The van der Waals surface area contributed by atoms with Crippen LogP contribution in [0.2, 0.25) is 0 Å². The molecule has 1 unspecified atom stereocenters. The van der Waals surface area contributed by atoms with Gasteiger partial charge in [-0.25, -0.2) is 0 Å². The molecule has 0 bridgehead atoms. The van der Waals surface area contributed by atoms with E-state index in [0.29, 0.717) is 5.56 Å².